The van der Waals surface area contributed by atoms with Crippen molar-refractivity contribution in [3.8, 4) is 0 Å². The van der Waals surface area contributed by atoms with Gasteiger partial charge in [0.1, 0.15) is 13.2 Å². The van der Waals surface area contributed by atoms with Crippen LogP contribution in [0.1, 0.15) is 155 Å². The van der Waals surface area contributed by atoms with Gasteiger partial charge in [0.25, 0.3) is 7.82 Å². The van der Waals surface area contributed by atoms with Crippen LogP contribution < -0.4 is 10.2 Å². The summed E-state index contributed by atoms with van der Waals surface area (Å²) in [4.78, 5) is 25.2. The average Bonchev–Trinajstić information content (AvgIpc) is 3.30. The van der Waals surface area contributed by atoms with Crippen LogP contribution in [0.5, 0.6) is 0 Å². The van der Waals surface area contributed by atoms with Crippen molar-refractivity contribution in [2.75, 3.05) is 40.9 Å². The van der Waals surface area contributed by atoms with Crippen LogP contribution >= 0.6 is 7.82 Å². The molecule has 382 valence electrons. The van der Waals surface area contributed by atoms with E-state index in [4.69, 9.17) is 9.05 Å². The fourth-order valence-electron chi connectivity index (χ4n) is 6.18. The van der Waals surface area contributed by atoms with E-state index in [9.17, 15) is 19.4 Å². The SMILES string of the molecule is CC/C=C\C/C=C\C/C=C\C/C=C\C/C=C\C/C=C\C/C=C\C/C=C\C/C=C\C/C=C\C/C=C\CCCCCCCC(=O)NC(COP(=O)([O-])OCC[N+](C)(C)C)C(O)/C=C/CC/C=C/CCC. The highest BCUT2D eigenvalue weighted by Gasteiger charge is 2.23. The number of rotatable bonds is 44. The zero-order valence-electron chi connectivity index (χ0n) is 43.2. The fraction of sp³-hybridized carbons (Fsp3) is 0.542. The van der Waals surface area contributed by atoms with Gasteiger partial charge in [-0.3, -0.25) is 9.36 Å². The molecule has 0 bridgehead atoms. The second kappa shape index (κ2) is 48.2. The normalized spacial score (nSPS) is 15.3. The van der Waals surface area contributed by atoms with E-state index < -0.39 is 26.6 Å². The Bertz CT molecular complexity index is 1650. The van der Waals surface area contributed by atoms with Crippen LogP contribution in [0.4, 0.5) is 0 Å². The van der Waals surface area contributed by atoms with E-state index in [1.165, 1.54) is 0 Å². The first-order chi connectivity index (χ1) is 33.0. The molecule has 0 saturated carbocycles. The third-order valence-corrected chi connectivity index (χ3v) is 11.2. The van der Waals surface area contributed by atoms with Crippen LogP contribution in [0.15, 0.2) is 158 Å². The van der Waals surface area contributed by atoms with Crippen molar-refractivity contribution in [2.45, 2.75) is 167 Å². The number of aliphatic hydroxyl groups excluding tert-OH is 1. The number of hydrogen-bond donors (Lipinski definition) is 2. The van der Waals surface area contributed by atoms with Gasteiger partial charge in [-0.2, -0.15) is 0 Å². The van der Waals surface area contributed by atoms with Gasteiger partial charge in [0, 0.05) is 6.42 Å². The summed E-state index contributed by atoms with van der Waals surface area (Å²) in [6.07, 6.45) is 76.4. The summed E-state index contributed by atoms with van der Waals surface area (Å²) in [5.74, 6) is -0.240. The van der Waals surface area contributed by atoms with Gasteiger partial charge in [0.15, 0.2) is 0 Å². The zero-order chi connectivity index (χ0) is 49.9. The molecule has 3 unspecified atom stereocenters. The van der Waals surface area contributed by atoms with Gasteiger partial charge in [0.05, 0.1) is 39.9 Å². The Morgan fingerprint density at radius 3 is 1.35 bits per heavy atom. The molecule has 8 nitrogen and oxygen atoms in total. The Morgan fingerprint density at radius 2 is 0.912 bits per heavy atom. The molecule has 0 aromatic carbocycles. The number of allylic oxidation sites excluding steroid dienone is 25. The lowest BCUT2D eigenvalue weighted by Gasteiger charge is -2.29. The van der Waals surface area contributed by atoms with E-state index in [1.54, 1.807) is 6.08 Å². The topological polar surface area (TPSA) is 108 Å². The predicted octanol–water partition coefficient (Wildman–Crippen LogP) is 14.9. The molecule has 9 heteroatoms. The van der Waals surface area contributed by atoms with E-state index in [0.29, 0.717) is 17.4 Å². The van der Waals surface area contributed by atoms with Crippen LogP contribution in [0.25, 0.3) is 0 Å². The van der Waals surface area contributed by atoms with Gasteiger partial charge < -0.3 is 28.8 Å². The minimum atomic E-state index is -4.60. The van der Waals surface area contributed by atoms with E-state index in [2.05, 4.69) is 165 Å². The second-order valence-electron chi connectivity index (χ2n) is 17.8. The van der Waals surface area contributed by atoms with Gasteiger partial charge >= 0.3 is 0 Å². The lowest BCUT2D eigenvalue weighted by atomic mass is 10.1. The molecule has 0 aliphatic heterocycles. The number of phosphoric ester groups is 1. The number of hydrogen-bond acceptors (Lipinski definition) is 6. The molecule has 0 aliphatic rings. The third-order valence-electron chi connectivity index (χ3n) is 10.2. The maximum Gasteiger partial charge on any atom is 0.268 e. The molecule has 0 rings (SSSR count). The fourth-order valence-corrected chi connectivity index (χ4v) is 6.90. The minimum absolute atomic E-state index is 0.0201. The number of carbonyl (C=O) groups excluding carboxylic acids is 1. The average molecular weight is 959 g/mol. The van der Waals surface area contributed by atoms with Gasteiger partial charge in [-0.1, -0.05) is 198 Å². The second-order valence-corrected chi connectivity index (χ2v) is 19.2. The molecule has 0 heterocycles. The number of unbranched alkanes of at least 4 members (excludes halogenated alkanes) is 7. The Kier molecular flexibility index (Phi) is 45.4. The maximum absolute atomic E-state index is 12.8. The molecule has 0 spiro atoms. The number of phosphoric acid groups is 1. The Labute approximate surface area is 416 Å². The molecule has 0 aromatic heterocycles. The van der Waals surface area contributed by atoms with Crippen LogP contribution in [-0.4, -0.2) is 68.5 Å². The zero-order valence-corrected chi connectivity index (χ0v) is 44.1. The number of nitrogens with zero attached hydrogens (tertiary/aromatic N) is 1. The summed E-state index contributed by atoms with van der Waals surface area (Å²) in [5, 5.41) is 13.6. The maximum atomic E-state index is 12.8. The van der Waals surface area contributed by atoms with Gasteiger partial charge in [-0.25, -0.2) is 0 Å². The molecule has 0 aromatic rings. The highest BCUT2D eigenvalue weighted by atomic mass is 31.2. The molecule has 0 aliphatic carbocycles. The van der Waals surface area contributed by atoms with Gasteiger partial charge in [-0.05, 0) is 109 Å². The smallest absolute Gasteiger partial charge is 0.268 e. The van der Waals surface area contributed by atoms with Crippen molar-refractivity contribution in [2.24, 2.45) is 0 Å². The van der Waals surface area contributed by atoms with Crippen molar-refractivity contribution in [3.63, 3.8) is 0 Å². The lowest BCUT2D eigenvalue weighted by Crippen LogP contribution is -2.45. The molecule has 3 atom stereocenters. The van der Waals surface area contributed by atoms with E-state index >= 15 is 0 Å². The van der Waals surface area contributed by atoms with E-state index in [0.717, 1.165) is 135 Å². The number of carbonyl (C=O) groups is 1. The number of aliphatic hydroxyl groups is 1. The van der Waals surface area contributed by atoms with Crippen molar-refractivity contribution in [1.82, 2.24) is 5.32 Å². The van der Waals surface area contributed by atoms with E-state index in [-0.39, 0.29) is 12.5 Å². The molecular weight excluding hydrogens is 864 g/mol. The first-order valence-corrected chi connectivity index (χ1v) is 27.3. The monoisotopic (exact) mass is 959 g/mol. The summed E-state index contributed by atoms with van der Waals surface area (Å²) < 4.78 is 23.1. The van der Waals surface area contributed by atoms with Crippen molar-refractivity contribution in [1.29, 1.82) is 0 Å². The summed E-state index contributed by atoms with van der Waals surface area (Å²) >= 11 is 0. The molecule has 0 radical (unpaired) electrons. The molecule has 0 fully saturated rings. The lowest BCUT2D eigenvalue weighted by molar-refractivity contribution is -0.870. The largest absolute Gasteiger partial charge is 0.756 e. The molecule has 1 amide bonds. The number of amides is 1. The van der Waals surface area contributed by atoms with Crippen LogP contribution in [0.3, 0.4) is 0 Å². The Morgan fingerprint density at radius 1 is 0.529 bits per heavy atom. The van der Waals surface area contributed by atoms with Crippen LogP contribution in [-0.2, 0) is 18.4 Å². The Balaban J connectivity index is 4.11. The minimum Gasteiger partial charge on any atom is -0.756 e. The van der Waals surface area contributed by atoms with Crippen molar-refractivity contribution < 1.29 is 32.9 Å². The van der Waals surface area contributed by atoms with E-state index in [1.807, 2.05) is 27.2 Å². The van der Waals surface area contributed by atoms with Crippen molar-refractivity contribution >= 4 is 13.7 Å². The van der Waals surface area contributed by atoms with Gasteiger partial charge in [-0.15, -0.1) is 0 Å². The summed E-state index contributed by atoms with van der Waals surface area (Å²) in [7, 11) is 1.20. The molecule has 68 heavy (non-hydrogen) atoms. The third kappa shape index (κ3) is 50.0. The first-order valence-electron chi connectivity index (χ1n) is 25.8. The molecular formula is C59H95N2O6P. The Hall–Kier alpha value is -3.88. The van der Waals surface area contributed by atoms with Crippen LogP contribution in [0.2, 0.25) is 0 Å². The summed E-state index contributed by atoms with van der Waals surface area (Å²) in [6.45, 7) is 4.34. The van der Waals surface area contributed by atoms with Crippen molar-refractivity contribution in [3.05, 3.63) is 158 Å². The summed E-state index contributed by atoms with van der Waals surface area (Å²) in [6, 6.07) is -0.922. The predicted molar refractivity (Wildman–Crippen MR) is 292 cm³/mol. The first kappa shape index (κ1) is 64.1. The standard InChI is InChI=1S/C59H95N2O6P/c1-6-8-10-12-14-15-16-17-18-19-20-21-22-23-24-25-26-27-28-29-30-31-32-33-34-35-36-37-38-39-40-41-42-43-44-45-47-49-51-53-59(63)60-57(58(62)52-50-48-46-13-11-9-7-2)56-67-68(64,65)66-55-54-61(3,4)5/h8,10-11,13-15,17-18,20-21,23-24,26-27,29-30,32-33,35-36,38-39,41-42,50,52,57-58,62H,6-7,9,12,16,19,22,25,28,31,34,37,40,43-49,51,53-56H2,1-5H3,(H-,60,63,64,65)/b10-8-,13-11+,15-14-,18-17-,21-20-,24-23-,27-26-,30-29-,33-32-,36-35-,39-38-,42-41-,52-50+. The quantitative estimate of drug-likeness (QED) is 0.0273. The van der Waals surface area contributed by atoms with Gasteiger partial charge in [0.2, 0.25) is 5.91 Å². The molecule has 0 saturated heterocycles. The number of nitrogens with one attached hydrogen (secondary N) is 1. The van der Waals surface area contributed by atoms with Crippen LogP contribution in [0, 0.1) is 0 Å². The molecule has 2 N–H and O–H groups in total. The number of likely N-dealkylation sites (N-methyl/N-ethyl adjacent to an activating group) is 1. The highest BCUT2D eigenvalue weighted by molar-refractivity contribution is 7.45. The highest BCUT2D eigenvalue weighted by Crippen LogP contribution is 2.38. The number of quaternary nitrogens is 1. The summed E-state index contributed by atoms with van der Waals surface area (Å²) in [5.41, 5.74) is 0.